The van der Waals surface area contributed by atoms with Crippen molar-refractivity contribution in [2.75, 3.05) is 12.4 Å². The Bertz CT molecular complexity index is 434. The Labute approximate surface area is 97.9 Å². The normalized spacial score (nSPS) is 13.1. The largest absolute Gasteiger partial charge is 0.416 e. The van der Waals surface area contributed by atoms with E-state index in [4.69, 9.17) is 0 Å². The summed E-state index contributed by atoms with van der Waals surface area (Å²) in [6.45, 7) is 1.75. The number of allylic oxidation sites excluding steroid dienone is 2. The van der Waals surface area contributed by atoms with Crippen LogP contribution in [0.3, 0.4) is 0 Å². The van der Waals surface area contributed by atoms with Gasteiger partial charge in [-0.05, 0) is 31.2 Å². The molecule has 1 N–H and O–H groups in total. The first-order valence-electron chi connectivity index (χ1n) is 4.97. The van der Waals surface area contributed by atoms with Crippen molar-refractivity contribution < 1.29 is 13.2 Å². The van der Waals surface area contributed by atoms with Gasteiger partial charge < -0.3 is 5.32 Å². The van der Waals surface area contributed by atoms with Crippen LogP contribution >= 0.6 is 0 Å². The zero-order valence-corrected chi connectivity index (χ0v) is 9.55. The summed E-state index contributed by atoms with van der Waals surface area (Å²) in [6, 6.07) is 5.06. The first-order valence-corrected chi connectivity index (χ1v) is 4.97. The van der Waals surface area contributed by atoms with Crippen molar-refractivity contribution in [3.8, 4) is 0 Å². The fraction of sp³-hybridized carbons (Fsp3) is 0.250. The average Bonchev–Trinajstić information content (AvgIpc) is 2.25. The minimum absolute atomic E-state index is 0.401. The van der Waals surface area contributed by atoms with E-state index >= 15 is 0 Å². The molecule has 0 aromatic heterocycles. The molecule has 0 bridgehead atoms. The van der Waals surface area contributed by atoms with Crippen molar-refractivity contribution in [2.45, 2.75) is 13.1 Å². The minimum Gasteiger partial charge on any atom is -0.359 e. The summed E-state index contributed by atoms with van der Waals surface area (Å²) in [5.41, 5.74) is 0.451. The molecule has 0 radical (unpaired) electrons. The predicted molar refractivity (Wildman–Crippen MR) is 63.2 cm³/mol. The third kappa shape index (κ3) is 4.30. The quantitative estimate of drug-likeness (QED) is 0.802. The Kier molecular flexibility index (Phi) is 4.31. The molecule has 0 saturated carbocycles. The number of halogens is 3. The lowest BCUT2D eigenvalue weighted by atomic mass is 10.2. The molecule has 0 spiro atoms. The van der Waals surface area contributed by atoms with Gasteiger partial charge in [0.15, 0.2) is 0 Å². The van der Waals surface area contributed by atoms with Crippen molar-refractivity contribution in [1.82, 2.24) is 0 Å². The highest BCUT2D eigenvalue weighted by Crippen LogP contribution is 2.30. The maximum atomic E-state index is 12.4. The summed E-state index contributed by atoms with van der Waals surface area (Å²) in [4.78, 5) is 3.75. The zero-order valence-electron chi connectivity index (χ0n) is 9.55. The summed E-state index contributed by atoms with van der Waals surface area (Å²) >= 11 is 0. The second-order valence-corrected chi connectivity index (χ2v) is 3.46. The van der Waals surface area contributed by atoms with Crippen LogP contribution in [0.1, 0.15) is 12.5 Å². The van der Waals surface area contributed by atoms with Gasteiger partial charge in [0.25, 0.3) is 0 Å². The van der Waals surface area contributed by atoms with Crippen molar-refractivity contribution in [2.24, 2.45) is 4.99 Å². The van der Waals surface area contributed by atoms with Crippen molar-refractivity contribution >= 4 is 11.9 Å². The van der Waals surface area contributed by atoms with Crippen LogP contribution in [0, 0.1) is 0 Å². The highest BCUT2D eigenvalue weighted by atomic mass is 19.4. The third-order valence-corrected chi connectivity index (χ3v) is 2.01. The smallest absolute Gasteiger partial charge is 0.359 e. The molecule has 5 heteroatoms. The van der Waals surface area contributed by atoms with E-state index in [1.807, 2.05) is 0 Å². The van der Waals surface area contributed by atoms with E-state index < -0.39 is 11.7 Å². The van der Waals surface area contributed by atoms with E-state index in [9.17, 15) is 13.2 Å². The van der Waals surface area contributed by atoms with E-state index in [0.29, 0.717) is 5.69 Å². The van der Waals surface area contributed by atoms with Crippen molar-refractivity contribution in [3.63, 3.8) is 0 Å². The lowest BCUT2D eigenvalue weighted by molar-refractivity contribution is -0.137. The summed E-state index contributed by atoms with van der Waals surface area (Å²) in [5, 5.41) is 2.86. The maximum absolute atomic E-state index is 12.4. The lowest BCUT2D eigenvalue weighted by Gasteiger charge is -2.10. The standard InChI is InChI=1S/C12H13F3N2/c1-9(6-7-16-2)17-11-5-3-4-10(8-11)12(13,14)15/h3-8,17H,1-2H3/b9-6+,16-7-. The van der Waals surface area contributed by atoms with Crippen LogP contribution in [0.15, 0.2) is 41.0 Å². The van der Waals surface area contributed by atoms with E-state index in [-0.39, 0.29) is 0 Å². The second-order valence-electron chi connectivity index (χ2n) is 3.46. The number of alkyl halides is 3. The molecule has 0 aliphatic carbocycles. The SMILES string of the molecule is C/N=C\C=C(/C)Nc1cccc(C(F)(F)F)c1. The fourth-order valence-electron chi connectivity index (χ4n) is 1.23. The molecule has 17 heavy (non-hydrogen) atoms. The fourth-order valence-corrected chi connectivity index (χ4v) is 1.23. The van der Waals surface area contributed by atoms with Gasteiger partial charge in [0.05, 0.1) is 5.56 Å². The third-order valence-electron chi connectivity index (χ3n) is 2.01. The zero-order chi connectivity index (χ0) is 12.9. The molecule has 1 aromatic rings. The van der Waals surface area contributed by atoms with Crippen LogP contribution in [-0.4, -0.2) is 13.3 Å². The van der Waals surface area contributed by atoms with Crippen LogP contribution in [0.5, 0.6) is 0 Å². The van der Waals surface area contributed by atoms with Gasteiger partial charge in [-0.15, -0.1) is 0 Å². The van der Waals surface area contributed by atoms with Gasteiger partial charge >= 0.3 is 6.18 Å². The van der Waals surface area contributed by atoms with Crippen LogP contribution in [0.2, 0.25) is 0 Å². The van der Waals surface area contributed by atoms with E-state index in [2.05, 4.69) is 10.3 Å². The number of anilines is 1. The number of hydrogen-bond acceptors (Lipinski definition) is 2. The second kappa shape index (κ2) is 5.52. The van der Waals surface area contributed by atoms with Gasteiger partial charge in [0.1, 0.15) is 0 Å². The monoisotopic (exact) mass is 242 g/mol. The molecule has 0 aliphatic rings. The number of hydrogen-bond donors (Lipinski definition) is 1. The molecule has 0 amide bonds. The molecule has 2 nitrogen and oxygen atoms in total. The van der Waals surface area contributed by atoms with Gasteiger partial charge in [-0.3, -0.25) is 4.99 Å². The van der Waals surface area contributed by atoms with Crippen molar-refractivity contribution in [1.29, 1.82) is 0 Å². The van der Waals surface area contributed by atoms with E-state index in [1.165, 1.54) is 6.07 Å². The molecule has 0 fully saturated rings. The molecule has 0 heterocycles. The van der Waals surface area contributed by atoms with Gasteiger partial charge in [-0.1, -0.05) is 6.07 Å². The minimum atomic E-state index is -4.32. The molecular weight excluding hydrogens is 229 g/mol. The molecule has 0 atom stereocenters. The molecule has 0 aliphatic heterocycles. The highest BCUT2D eigenvalue weighted by molar-refractivity contribution is 5.73. The lowest BCUT2D eigenvalue weighted by Crippen LogP contribution is -2.05. The highest BCUT2D eigenvalue weighted by Gasteiger charge is 2.30. The van der Waals surface area contributed by atoms with Crippen LogP contribution in [0.25, 0.3) is 0 Å². The summed E-state index contributed by atoms with van der Waals surface area (Å²) in [7, 11) is 1.62. The summed E-state index contributed by atoms with van der Waals surface area (Å²) in [5.74, 6) is 0. The van der Waals surface area contributed by atoms with Crippen LogP contribution in [-0.2, 0) is 6.18 Å². The summed E-state index contributed by atoms with van der Waals surface area (Å²) < 4.78 is 37.3. The molecule has 1 rings (SSSR count). The van der Waals surface area contributed by atoms with Crippen molar-refractivity contribution in [3.05, 3.63) is 41.6 Å². The molecule has 0 saturated heterocycles. The summed E-state index contributed by atoms with van der Waals surface area (Å²) in [6.07, 6.45) is -1.07. The van der Waals surface area contributed by atoms with Gasteiger partial charge in [0.2, 0.25) is 0 Å². The number of nitrogens with one attached hydrogen (secondary N) is 1. The molecule has 0 unspecified atom stereocenters. The Morgan fingerprint density at radius 1 is 1.35 bits per heavy atom. The number of aliphatic imine (C=N–C) groups is 1. The topological polar surface area (TPSA) is 24.4 Å². The van der Waals surface area contributed by atoms with E-state index in [0.717, 1.165) is 17.8 Å². The van der Waals surface area contributed by atoms with Crippen LogP contribution in [0.4, 0.5) is 18.9 Å². The molecule has 92 valence electrons. The van der Waals surface area contributed by atoms with Gasteiger partial charge in [-0.2, -0.15) is 13.2 Å². The number of benzene rings is 1. The number of rotatable bonds is 3. The molecule has 1 aromatic carbocycles. The van der Waals surface area contributed by atoms with Crippen LogP contribution < -0.4 is 5.32 Å². The Hall–Kier alpha value is -1.78. The van der Waals surface area contributed by atoms with E-state index in [1.54, 1.807) is 32.3 Å². The average molecular weight is 242 g/mol. The van der Waals surface area contributed by atoms with Gasteiger partial charge in [-0.25, -0.2) is 0 Å². The first-order chi connectivity index (χ1) is 7.93. The number of nitrogens with zero attached hydrogens (tertiary/aromatic N) is 1. The maximum Gasteiger partial charge on any atom is 0.416 e. The molecular formula is C12H13F3N2. The first kappa shape index (κ1) is 13.3. The Morgan fingerprint density at radius 2 is 2.06 bits per heavy atom. The van der Waals surface area contributed by atoms with Gasteiger partial charge in [0, 0.05) is 24.6 Å². The predicted octanol–water partition coefficient (Wildman–Crippen LogP) is 3.72. The Morgan fingerprint density at radius 3 is 2.65 bits per heavy atom. The Balaban J connectivity index is 2.86.